The molecule has 0 aromatic heterocycles. The molecule has 1 N–H and O–H groups in total. The fraction of sp³-hybridized carbons (Fsp3) is 0.400. The van der Waals surface area contributed by atoms with Crippen molar-refractivity contribution in [2.45, 2.75) is 24.0 Å². The molecule has 2 amide bonds. The van der Waals surface area contributed by atoms with Gasteiger partial charge < -0.3 is 10.2 Å². The summed E-state index contributed by atoms with van der Waals surface area (Å²) in [7, 11) is -3.62. The van der Waals surface area contributed by atoms with Gasteiger partial charge in [-0.1, -0.05) is 18.2 Å². The summed E-state index contributed by atoms with van der Waals surface area (Å²) in [5.41, 5.74) is 0.363. The van der Waals surface area contributed by atoms with Crippen LogP contribution in [0.25, 0.3) is 0 Å². The van der Waals surface area contributed by atoms with E-state index in [0.29, 0.717) is 29.4 Å². The quantitative estimate of drug-likeness (QED) is 0.374. The second-order valence-electron chi connectivity index (χ2n) is 9.34. The molecule has 0 radical (unpaired) electrons. The molecule has 5 rings (SSSR count). The number of sulfonamides is 1. The van der Waals surface area contributed by atoms with Crippen molar-refractivity contribution in [3.63, 3.8) is 0 Å². The van der Waals surface area contributed by atoms with Crippen LogP contribution in [-0.2, 0) is 27.5 Å². The van der Waals surface area contributed by atoms with Crippen molar-refractivity contribution in [2.75, 3.05) is 26.2 Å². The number of rotatable bonds is 6. The Balaban J connectivity index is 0.000000291. The molecule has 2 aromatic rings. The van der Waals surface area contributed by atoms with Crippen molar-refractivity contribution in [2.24, 2.45) is 17.8 Å². The van der Waals surface area contributed by atoms with Gasteiger partial charge >= 0.3 is 6.18 Å². The first-order valence-electron chi connectivity index (χ1n) is 11.6. The second-order valence-corrected chi connectivity index (χ2v) is 11.3. The lowest BCUT2D eigenvalue weighted by Crippen LogP contribution is -2.49. The number of amides is 2. The van der Waals surface area contributed by atoms with Crippen LogP contribution in [0.4, 0.5) is 13.2 Å². The highest BCUT2D eigenvalue weighted by molar-refractivity contribution is 14.0. The molecule has 0 spiro atoms. The summed E-state index contributed by atoms with van der Waals surface area (Å²) in [6.07, 6.45) is -2.60. The van der Waals surface area contributed by atoms with E-state index in [2.05, 4.69) is 11.4 Å². The Bertz CT molecular complexity index is 1310. The molecular formula is C25H28F3IN4O4S. The van der Waals surface area contributed by atoms with Gasteiger partial charge in [-0.25, -0.2) is 8.42 Å². The molecule has 1 saturated carbocycles. The number of likely N-dealkylation sites (tertiary alicyclic amines) is 1. The van der Waals surface area contributed by atoms with E-state index < -0.39 is 21.8 Å². The van der Waals surface area contributed by atoms with Crippen LogP contribution in [0.2, 0.25) is 0 Å². The molecule has 2 saturated heterocycles. The number of carbonyl (C=O) groups is 2. The van der Waals surface area contributed by atoms with Crippen LogP contribution in [0, 0.1) is 29.1 Å². The van der Waals surface area contributed by atoms with Gasteiger partial charge in [-0.2, -0.15) is 22.7 Å². The maximum Gasteiger partial charge on any atom is 0.416 e. The number of fused-ring (bicyclic) bond motifs is 1. The minimum Gasteiger partial charge on any atom is -0.355 e. The number of nitriles is 1. The first kappa shape index (κ1) is 29.9. The van der Waals surface area contributed by atoms with Gasteiger partial charge in [0, 0.05) is 39.7 Å². The van der Waals surface area contributed by atoms with Crippen molar-refractivity contribution in [3.8, 4) is 6.07 Å². The minimum absolute atomic E-state index is 0. The lowest BCUT2D eigenvalue weighted by atomic mass is 10.1. The van der Waals surface area contributed by atoms with Gasteiger partial charge in [-0.15, -0.1) is 24.0 Å². The third-order valence-corrected chi connectivity index (χ3v) is 8.51. The third kappa shape index (κ3) is 6.83. The van der Waals surface area contributed by atoms with Crippen LogP contribution in [0.3, 0.4) is 0 Å². The summed E-state index contributed by atoms with van der Waals surface area (Å²) < 4.78 is 62.6. The van der Waals surface area contributed by atoms with E-state index in [1.54, 1.807) is 12.1 Å². The largest absolute Gasteiger partial charge is 0.416 e. The molecule has 2 aromatic carbocycles. The van der Waals surface area contributed by atoms with E-state index in [0.717, 1.165) is 25.2 Å². The lowest BCUT2D eigenvalue weighted by molar-refractivity contribution is -0.137. The molecule has 206 valence electrons. The fourth-order valence-electron chi connectivity index (χ4n) is 4.37. The van der Waals surface area contributed by atoms with Gasteiger partial charge in [0.1, 0.15) is 0 Å². The minimum atomic E-state index is -4.31. The van der Waals surface area contributed by atoms with Crippen LogP contribution >= 0.6 is 24.0 Å². The van der Waals surface area contributed by atoms with E-state index >= 15 is 0 Å². The average Bonchev–Trinajstić information content (AvgIpc) is 3.46. The van der Waals surface area contributed by atoms with Crippen molar-refractivity contribution < 1.29 is 32.6 Å². The number of benzene rings is 2. The van der Waals surface area contributed by atoms with E-state index in [-0.39, 0.29) is 61.8 Å². The molecule has 0 bridgehead atoms. The van der Waals surface area contributed by atoms with Gasteiger partial charge in [0.15, 0.2) is 0 Å². The van der Waals surface area contributed by atoms with Crippen LogP contribution in [0.5, 0.6) is 0 Å². The van der Waals surface area contributed by atoms with Gasteiger partial charge in [0.2, 0.25) is 16.4 Å². The molecule has 8 nitrogen and oxygen atoms in total. The Morgan fingerprint density at radius 1 is 1.11 bits per heavy atom. The number of piperidine rings is 1. The molecular weight excluding hydrogens is 636 g/mol. The summed E-state index contributed by atoms with van der Waals surface area (Å²) in [4.78, 5) is 24.4. The molecule has 38 heavy (non-hydrogen) atoms. The molecule has 2 aliphatic heterocycles. The number of hydrogen-bond acceptors (Lipinski definition) is 5. The average molecular weight is 664 g/mol. The zero-order valence-electron chi connectivity index (χ0n) is 20.1. The van der Waals surface area contributed by atoms with Gasteiger partial charge in [-0.05, 0) is 54.2 Å². The molecule has 3 fully saturated rings. The van der Waals surface area contributed by atoms with Gasteiger partial charge in [-0.3, -0.25) is 9.59 Å². The van der Waals surface area contributed by atoms with Gasteiger partial charge in [0.25, 0.3) is 5.91 Å². The number of nitrogens with one attached hydrogen (secondary N) is 1. The Labute approximate surface area is 237 Å². The van der Waals surface area contributed by atoms with E-state index in [9.17, 15) is 31.2 Å². The van der Waals surface area contributed by atoms with Crippen LogP contribution < -0.4 is 5.32 Å². The smallest absolute Gasteiger partial charge is 0.355 e. The summed E-state index contributed by atoms with van der Waals surface area (Å²) >= 11 is 0. The third-order valence-electron chi connectivity index (χ3n) is 6.69. The maximum absolute atomic E-state index is 12.5. The topological polar surface area (TPSA) is 111 Å². The van der Waals surface area contributed by atoms with Crippen LogP contribution in [-0.4, -0.2) is 56.1 Å². The zero-order chi connectivity index (χ0) is 26.8. The lowest BCUT2D eigenvalue weighted by Gasteiger charge is -2.34. The van der Waals surface area contributed by atoms with Crippen LogP contribution in [0.1, 0.15) is 29.3 Å². The molecule has 3 aliphatic rings. The van der Waals surface area contributed by atoms with Crippen molar-refractivity contribution in [3.05, 3.63) is 65.2 Å². The number of alkyl halides is 3. The van der Waals surface area contributed by atoms with Crippen molar-refractivity contribution in [1.82, 2.24) is 14.5 Å². The SMILES string of the molecule is I.N#CC1CN(S(=O)(=O)c2cccc(C(=O)N3CC4CC4C3)c2)C1.O=CNCc1ccc(C(F)(F)F)cc1.[HH]. The monoisotopic (exact) mass is 664 g/mol. The van der Waals surface area contributed by atoms with E-state index in [1.165, 1.54) is 35.0 Å². The highest BCUT2D eigenvalue weighted by Crippen LogP contribution is 2.45. The molecule has 2 heterocycles. The summed E-state index contributed by atoms with van der Waals surface area (Å²) in [5.74, 6) is 0.975. The normalized spacial score (nSPS) is 20.5. The Morgan fingerprint density at radius 3 is 2.29 bits per heavy atom. The number of halogens is 4. The highest BCUT2D eigenvalue weighted by atomic mass is 127. The number of carbonyl (C=O) groups excluding carboxylic acids is 2. The van der Waals surface area contributed by atoms with Crippen molar-refractivity contribution in [1.29, 1.82) is 5.26 Å². The Kier molecular flexibility index (Phi) is 9.43. The number of nitrogens with zero attached hydrogens (tertiary/aromatic N) is 3. The standard InChI is InChI=1S/C16H17N3O3S.C9H8F3NO.HI.H2/c17-6-11-7-19(8-11)23(21,22)15-3-1-2-12(5-15)16(20)18-9-13-4-14(13)10-18;10-9(11,12)8-3-1-7(2-4-8)5-13-6-14;;/h1-3,5,11,13-14H,4,7-10H2;1-4,6H,5H2,(H,13,14);2*1H. The van der Waals surface area contributed by atoms with Crippen LogP contribution in [0.15, 0.2) is 53.4 Å². The molecule has 2 atom stereocenters. The predicted molar refractivity (Wildman–Crippen MR) is 144 cm³/mol. The first-order chi connectivity index (χ1) is 17.5. The summed E-state index contributed by atoms with van der Waals surface area (Å²) in [6.45, 7) is 2.27. The fourth-order valence-corrected chi connectivity index (χ4v) is 5.95. The zero-order valence-corrected chi connectivity index (χ0v) is 23.2. The highest BCUT2D eigenvalue weighted by Gasteiger charge is 2.46. The molecule has 13 heteroatoms. The summed E-state index contributed by atoms with van der Waals surface area (Å²) in [6, 6.07) is 12.9. The maximum atomic E-state index is 12.5. The number of hydrogen-bond donors (Lipinski definition) is 1. The Hall–Kier alpha value is -2.70. The van der Waals surface area contributed by atoms with E-state index in [1.807, 2.05) is 4.90 Å². The Morgan fingerprint density at radius 2 is 1.74 bits per heavy atom. The molecule has 2 unspecified atom stereocenters. The molecule has 1 aliphatic carbocycles. The van der Waals surface area contributed by atoms with E-state index in [4.69, 9.17) is 5.26 Å². The second kappa shape index (κ2) is 12.0. The first-order valence-corrected chi connectivity index (χ1v) is 13.1. The summed E-state index contributed by atoms with van der Waals surface area (Å²) in [5, 5.41) is 11.1. The van der Waals surface area contributed by atoms with Gasteiger partial charge in [0.05, 0.1) is 22.4 Å². The predicted octanol–water partition coefficient (Wildman–Crippen LogP) is 3.74. The van der Waals surface area contributed by atoms with Crippen molar-refractivity contribution >= 4 is 46.3 Å².